The lowest BCUT2D eigenvalue weighted by Gasteiger charge is -2.19. The van der Waals surface area contributed by atoms with Crippen molar-refractivity contribution in [3.63, 3.8) is 0 Å². The number of rotatable bonds is 3. The van der Waals surface area contributed by atoms with Gasteiger partial charge in [-0.05, 0) is 36.6 Å². The Morgan fingerprint density at radius 2 is 2.00 bits per heavy atom. The van der Waals surface area contributed by atoms with E-state index in [1.54, 1.807) is 23.1 Å². The molecule has 0 saturated heterocycles. The monoisotopic (exact) mass is 308 g/mol. The van der Waals surface area contributed by atoms with Gasteiger partial charge in [-0.1, -0.05) is 13.8 Å². The molecule has 21 heavy (non-hydrogen) atoms. The molecular formula is C15H20N2O3S. The molecule has 0 bridgehead atoms. The van der Waals surface area contributed by atoms with Crippen LogP contribution in [0.5, 0.6) is 0 Å². The van der Waals surface area contributed by atoms with Crippen molar-refractivity contribution in [1.82, 2.24) is 4.72 Å². The van der Waals surface area contributed by atoms with Crippen molar-refractivity contribution < 1.29 is 13.2 Å². The number of hydrogen-bond acceptors (Lipinski definition) is 3. The van der Waals surface area contributed by atoms with E-state index in [0.29, 0.717) is 6.54 Å². The summed E-state index contributed by atoms with van der Waals surface area (Å²) in [6, 6.07) is 5.13. The molecule has 0 atom stereocenters. The zero-order valence-electron chi connectivity index (χ0n) is 12.5. The molecule has 1 amide bonds. The highest BCUT2D eigenvalue weighted by Crippen LogP contribution is 2.41. The highest BCUT2D eigenvalue weighted by molar-refractivity contribution is 7.89. The fourth-order valence-electron chi connectivity index (χ4n) is 2.79. The van der Waals surface area contributed by atoms with Gasteiger partial charge in [-0.2, -0.15) is 0 Å². The van der Waals surface area contributed by atoms with Gasteiger partial charge in [0.2, 0.25) is 15.9 Å². The van der Waals surface area contributed by atoms with Gasteiger partial charge in [-0.15, -0.1) is 0 Å². The van der Waals surface area contributed by atoms with Crippen molar-refractivity contribution >= 4 is 21.6 Å². The summed E-state index contributed by atoms with van der Waals surface area (Å²) in [5.74, 6) is -0.0199. The molecule has 0 radical (unpaired) electrons. The van der Waals surface area contributed by atoms with Crippen LogP contribution in [0.1, 0.15) is 39.2 Å². The Morgan fingerprint density at radius 1 is 1.33 bits per heavy atom. The maximum Gasteiger partial charge on any atom is 0.240 e. The molecule has 5 nitrogen and oxygen atoms in total. The second-order valence-electron chi connectivity index (χ2n) is 6.56. The van der Waals surface area contributed by atoms with Gasteiger partial charge in [-0.3, -0.25) is 4.79 Å². The number of nitrogens with one attached hydrogen (secondary N) is 1. The Kier molecular flexibility index (Phi) is 3.15. The van der Waals surface area contributed by atoms with Crippen molar-refractivity contribution in [3.8, 4) is 0 Å². The van der Waals surface area contributed by atoms with E-state index in [9.17, 15) is 13.2 Å². The van der Waals surface area contributed by atoms with Crippen LogP contribution in [0.3, 0.4) is 0 Å². The third kappa shape index (κ3) is 2.58. The Hall–Kier alpha value is -1.40. The topological polar surface area (TPSA) is 66.5 Å². The van der Waals surface area contributed by atoms with Crippen LogP contribution in [0.4, 0.5) is 5.69 Å². The van der Waals surface area contributed by atoms with Gasteiger partial charge in [0, 0.05) is 30.6 Å². The molecular weight excluding hydrogens is 288 g/mol. The summed E-state index contributed by atoms with van der Waals surface area (Å²) in [6.45, 7) is 6.17. The van der Waals surface area contributed by atoms with E-state index in [4.69, 9.17) is 0 Å². The summed E-state index contributed by atoms with van der Waals surface area (Å²) >= 11 is 0. The number of carbonyl (C=O) groups is 1. The first-order valence-corrected chi connectivity index (χ1v) is 8.64. The molecule has 1 aliphatic heterocycles. The Morgan fingerprint density at radius 3 is 2.57 bits per heavy atom. The zero-order valence-corrected chi connectivity index (χ0v) is 13.3. The normalized spacial score (nSPS) is 20.4. The highest BCUT2D eigenvalue weighted by atomic mass is 32.2. The minimum Gasteiger partial charge on any atom is -0.311 e. The molecule has 0 spiro atoms. The smallest absolute Gasteiger partial charge is 0.240 e. The average molecular weight is 308 g/mol. The van der Waals surface area contributed by atoms with Crippen LogP contribution < -0.4 is 9.62 Å². The quantitative estimate of drug-likeness (QED) is 0.925. The second kappa shape index (κ2) is 4.55. The third-order valence-electron chi connectivity index (χ3n) is 4.13. The van der Waals surface area contributed by atoms with Gasteiger partial charge in [0.25, 0.3) is 0 Å². The molecule has 6 heteroatoms. The molecule has 114 valence electrons. The highest BCUT2D eigenvalue weighted by Gasteiger charge is 2.38. The summed E-state index contributed by atoms with van der Waals surface area (Å²) in [7, 11) is -3.46. The number of benzene rings is 1. The van der Waals surface area contributed by atoms with Crippen molar-refractivity contribution in [2.75, 3.05) is 11.4 Å². The summed E-state index contributed by atoms with van der Waals surface area (Å²) in [4.78, 5) is 13.7. The van der Waals surface area contributed by atoms with Crippen LogP contribution in [0, 0.1) is 0 Å². The number of amides is 1. The summed E-state index contributed by atoms with van der Waals surface area (Å²) in [5.41, 5.74) is 1.49. The van der Waals surface area contributed by atoms with Crippen LogP contribution in [0.25, 0.3) is 0 Å². The van der Waals surface area contributed by atoms with Crippen LogP contribution in [-0.2, 0) is 20.2 Å². The number of fused-ring (bicyclic) bond motifs is 1. The SMILES string of the molecule is CC(=O)N1CC(C)(C)c2cc(S(=O)(=O)NC3CC3)ccc21. The van der Waals surface area contributed by atoms with Crippen molar-refractivity contribution in [3.05, 3.63) is 23.8 Å². The molecule has 1 heterocycles. The fourth-order valence-corrected chi connectivity index (χ4v) is 4.13. The third-order valence-corrected chi connectivity index (χ3v) is 5.65. The molecule has 3 rings (SSSR count). The second-order valence-corrected chi connectivity index (χ2v) is 8.28. The lowest BCUT2D eigenvalue weighted by molar-refractivity contribution is -0.116. The minimum absolute atomic E-state index is 0.0199. The van der Waals surface area contributed by atoms with Gasteiger partial charge in [0.05, 0.1) is 4.90 Å². The first kappa shape index (κ1) is 14.5. The number of sulfonamides is 1. The summed E-state index contributed by atoms with van der Waals surface area (Å²) < 4.78 is 27.3. The maximum atomic E-state index is 12.3. The Labute approximate surface area is 125 Å². The van der Waals surface area contributed by atoms with Crippen LogP contribution >= 0.6 is 0 Å². The molecule has 1 N–H and O–H groups in total. The lowest BCUT2D eigenvalue weighted by Crippen LogP contribution is -2.31. The van der Waals surface area contributed by atoms with Crippen LogP contribution in [-0.4, -0.2) is 26.9 Å². The van der Waals surface area contributed by atoms with Crippen molar-refractivity contribution in [2.24, 2.45) is 0 Å². The van der Waals surface area contributed by atoms with E-state index in [2.05, 4.69) is 4.72 Å². The van der Waals surface area contributed by atoms with E-state index in [1.165, 1.54) is 6.92 Å². The zero-order chi connectivity index (χ0) is 15.4. The largest absolute Gasteiger partial charge is 0.311 e. The number of anilines is 1. The van der Waals surface area contributed by atoms with Gasteiger partial charge < -0.3 is 4.90 Å². The van der Waals surface area contributed by atoms with E-state index in [1.807, 2.05) is 13.8 Å². The standard InChI is InChI=1S/C15H20N2O3S/c1-10(18)17-9-15(2,3)13-8-12(6-7-14(13)17)21(19,20)16-11-4-5-11/h6-8,11,16H,4-5,9H2,1-3H3. The Balaban J connectivity index is 2.03. The van der Waals surface area contributed by atoms with E-state index < -0.39 is 10.0 Å². The Bertz CT molecular complexity index is 706. The fraction of sp³-hybridized carbons (Fsp3) is 0.533. The van der Waals surface area contributed by atoms with Gasteiger partial charge in [0.15, 0.2) is 0 Å². The van der Waals surface area contributed by atoms with E-state index >= 15 is 0 Å². The molecule has 1 aliphatic carbocycles. The molecule has 2 aliphatic rings. The minimum atomic E-state index is -3.46. The van der Waals surface area contributed by atoms with Gasteiger partial charge in [0.1, 0.15) is 0 Å². The molecule has 1 saturated carbocycles. The van der Waals surface area contributed by atoms with Crippen molar-refractivity contribution in [1.29, 1.82) is 0 Å². The van der Waals surface area contributed by atoms with Crippen molar-refractivity contribution in [2.45, 2.75) is 50.0 Å². The van der Waals surface area contributed by atoms with E-state index in [-0.39, 0.29) is 22.3 Å². The lowest BCUT2D eigenvalue weighted by atomic mass is 9.87. The number of carbonyl (C=O) groups excluding carboxylic acids is 1. The van der Waals surface area contributed by atoms with E-state index in [0.717, 1.165) is 24.1 Å². The van der Waals surface area contributed by atoms with Gasteiger partial charge >= 0.3 is 0 Å². The first-order valence-electron chi connectivity index (χ1n) is 7.16. The number of nitrogens with zero attached hydrogens (tertiary/aromatic N) is 1. The molecule has 1 aromatic carbocycles. The van der Waals surface area contributed by atoms with Gasteiger partial charge in [-0.25, -0.2) is 13.1 Å². The van der Waals surface area contributed by atoms with Crippen LogP contribution in [0.2, 0.25) is 0 Å². The molecule has 0 aromatic heterocycles. The molecule has 0 unspecified atom stereocenters. The van der Waals surface area contributed by atoms with Crippen LogP contribution in [0.15, 0.2) is 23.1 Å². The number of hydrogen-bond donors (Lipinski definition) is 1. The maximum absolute atomic E-state index is 12.3. The molecule has 1 aromatic rings. The average Bonchev–Trinajstić information content (AvgIpc) is 3.13. The molecule has 1 fully saturated rings. The first-order chi connectivity index (χ1) is 9.71. The summed E-state index contributed by atoms with van der Waals surface area (Å²) in [6.07, 6.45) is 1.82. The predicted molar refractivity (Wildman–Crippen MR) is 80.8 cm³/mol. The predicted octanol–water partition coefficient (Wildman–Crippen LogP) is 1.77. The summed E-state index contributed by atoms with van der Waals surface area (Å²) in [5, 5.41) is 0.